The summed E-state index contributed by atoms with van der Waals surface area (Å²) < 4.78 is 5.37. The predicted octanol–water partition coefficient (Wildman–Crippen LogP) is 0.649. The first kappa shape index (κ1) is 15.2. The van der Waals surface area contributed by atoms with Crippen LogP contribution in [0.4, 0.5) is 0 Å². The van der Waals surface area contributed by atoms with E-state index in [1.54, 1.807) is 4.90 Å². The normalized spacial score (nSPS) is 19.2. The number of hydrogen-bond donors (Lipinski definition) is 1. The number of rotatable bonds is 3. The van der Waals surface area contributed by atoms with Crippen LogP contribution < -0.4 is 0 Å². The van der Waals surface area contributed by atoms with Crippen LogP contribution in [0.2, 0.25) is 0 Å². The molecular weight excluding hydrogens is 278 g/mol. The number of morpholine rings is 1. The molecule has 1 fully saturated rings. The van der Waals surface area contributed by atoms with Gasteiger partial charge >= 0.3 is 0 Å². The highest BCUT2D eigenvalue weighted by Crippen LogP contribution is 2.23. The van der Waals surface area contributed by atoms with E-state index in [1.807, 2.05) is 20.1 Å². The fourth-order valence-electron chi connectivity index (χ4n) is 2.25. The van der Waals surface area contributed by atoms with Crippen LogP contribution in [0.15, 0.2) is 5.03 Å². The third-order valence-corrected chi connectivity index (χ3v) is 3.89. The Kier molecular flexibility index (Phi) is 4.95. The molecule has 0 bridgehead atoms. The van der Waals surface area contributed by atoms with Crippen LogP contribution in [0.3, 0.4) is 0 Å². The Morgan fingerprint density at radius 3 is 2.90 bits per heavy atom. The second kappa shape index (κ2) is 6.51. The van der Waals surface area contributed by atoms with E-state index in [4.69, 9.17) is 9.84 Å². The molecule has 20 heavy (non-hydrogen) atoms. The minimum absolute atomic E-state index is 0.0808. The summed E-state index contributed by atoms with van der Waals surface area (Å²) in [6, 6.07) is 0. The molecule has 1 aliphatic rings. The molecule has 1 aromatic heterocycles. The van der Waals surface area contributed by atoms with Gasteiger partial charge in [0.05, 0.1) is 30.6 Å². The molecule has 0 aliphatic carbocycles. The lowest BCUT2D eigenvalue weighted by Gasteiger charge is -2.32. The molecular formula is C13H19N3O3S. The van der Waals surface area contributed by atoms with E-state index in [1.165, 1.54) is 11.8 Å². The standard InChI is InChI=1S/C13H19N3O3S/c1-8-11(12(20-3)15-9(2)14-8)13(18)16-4-5-19-10(6-16)7-17/h10,17H,4-7H2,1-3H3. The van der Waals surface area contributed by atoms with Gasteiger partial charge in [0, 0.05) is 13.1 Å². The fraction of sp³-hybridized carbons (Fsp3) is 0.615. The highest BCUT2D eigenvalue weighted by Gasteiger charge is 2.28. The summed E-state index contributed by atoms with van der Waals surface area (Å²) in [5, 5.41) is 9.86. The van der Waals surface area contributed by atoms with Crippen LogP contribution in [0.1, 0.15) is 21.9 Å². The van der Waals surface area contributed by atoms with Crippen LogP contribution in [-0.4, -0.2) is 64.5 Å². The first-order valence-electron chi connectivity index (χ1n) is 6.47. The van der Waals surface area contributed by atoms with Crippen LogP contribution in [0.5, 0.6) is 0 Å². The van der Waals surface area contributed by atoms with Crippen LogP contribution in [-0.2, 0) is 4.74 Å². The van der Waals surface area contributed by atoms with Crippen molar-refractivity contribution in [2.24, 2.45) is 0 Å². The Hall–Kier alpha value is -1.18. The average Bonchev–Trinajstić information content (AvgIpc) is 2.45. The number of ether oxygens (including phenoxy) is 1. The number of thioether (sulfide) groups is 1. The number of carbonyl (C=O) groups is 1. The number of aliphatic hydroxyl groups is 1. The van der Waals surface area contributed by atoms with Gasteiger partial charge in [0.2, 0.25) is 0 Å². The van der Waals surface area contributed by atoms with Crippen LogP contribution in [0, 0.1) is 13.8 Å². The molecule has 1 unspecified atom stereocenters. The monoisotopic (exact) mass is 297 g/mol. The predicted molar refractivity (Wildman–Crippen MR) is 76.0 cm³/mol. The molecule has 1 atom stereocenters. The van der Waals surface area contributed by atoms with E-state index in [-0.39, 0.29) is 18.6 Å². The highest BCUT2D eigenvalue weighted by atomic mass is 32.2. The molecule has 0 aromatic carbocycles. The van der Waals surface area contributed by atoms with Gasteiger partial charge in [0.1, 0.15) is 10.9 Å². The molecule has 1 N–H and O–H groups in total. The summed E-state index contributed by atoms with van der Waals surface area (Å²) in [5.74, 6) is 0.576. The summed E-state index contributed by atoms with van der Waals surface area (Å²) in [6.45, 7) is 4.93. The summed E-state index contributed by atoms with van der Waals surface area (Å²) >= 11 is 1.44. The Labute approximate surface area is 122 Å². The number of nitrogens with zero attached hydrogens (tertiary/aromatic N) is 3. The van der Waals surface area contributed by atoms with E-state index in [2.05, 4.69) is 9.97 Å². The number of aromatic nitrogens is 2. The lowest BCUT2D eigenvalue weighted by Crippen LogP contribution is -2.47. The average molecular weight is 297 g/mol. The van der Waals surface area contributed by atoms with E-state index >= 15 is 0 Å². The van der Waals surface area contributed by atoms with Gasteiger partial charge in [-0.3, -0.25) is 4.79 Å². The van der Waals surface area contributed by atoms with Gasteiger partial charge in [-0.15, -0.1) is 11.8 Å². The fourth-order valence-corrected chi connectivity index (χ4v) is 2.91. The minimum atomic E-state index is -0.308. The number of aryl methyl sites for hydroxylation is 2. The molecule has 6 nitrogen and oxygen atoms in total. The van der Waals surface area contributed by atoms with Crippen molar-refractivity contribution in [3.05, 3.63) is 17.1 Å². The topological polar surface area (TPSA) is 75.6 Å². The molecule has 0 radical (unpaired) electrons. The van der Waals surface area contributed by atoms with E-state index in [9.17, 15) is 4.79 Å². The third kappa shape index (κ3) is 3.11. The van der Waals surface area contributed by atoms with Crippen molar-refractivity contribution in [2.45, 2.75) is 25.0 Å². The van der Waals surface area contributed by atoms with E-state index in [0.717, 1.165) is 0 Å². The van der Waals surface area contributed by atoms with Gasteiger partial charge in [-0.2, -0.15) is 0 Å². The van der Waals surface area contributed by atoms with E-state index < -0.39 is 0 Å². The Balaban J connectivity index is 2.29. The SMILES string of the molecule is CSc1nc(C)nc(C)c1C(=O)N1CCOC(CO)C1. The lowest BCUT2D eigenvalue weighted by molar-refractivity contribution is -0.0448. The van der Waals surface area contributed by atoms with Crippen LogP contribution in [0.25, 0.3) is 0 Å². The number of aliphatic hydroxyl groups excluding tert-OH is 1. The number of hydrogen-bond acceptors (Lipinski definition) is 6. The summed E-state index contributed by atoms with van der Waals surface area (Å²) in [4.78, 5) is 23.0. The zero-order valence-corrected chi connectivity index (χ0v) is 12.7. The summed E-state index contributed by atoms with van der Waals surface area (Å²) in [5.41, 5.74) is 1.25. The van der Waals surface area contributed by atoms with Gasteiger partial charge in [0.25, 0.3) is 5.91 Å². The van der Waals surface area contributed by atoms with Gasteiger partial charge in [-0.05, 0) is 20.1 Å². The molecule has 2 rings (SSSR count). The molecule has 110 valence electrons. The Bertz CT molecular complexity index is 510. The zero-order chi connectivity index (χ0) is 14.7. The van der Waals surface area contributed by atoms with Crippen LogP contribution >= 0.6 is 11.8 Å². The second-order valence-corrected chi connectivity index (χ2v) is 5.46. The lowest BCUT2D eigenvalue weighted by atomic mass is 10.2. The zero-order valence-electron chi connectivity index (χ0n) is 11.9. The van der Waals surface area contributed by atoms with Gasteiger partial charge in [0.15, 0.2) is 0 Å². The van der Waals surface area contributed by atoms with Crippen molar-refractivity contribution in [1.82, 2.24) is 14.9 Å². The first-order valence-corrected chi connectivity index (χ1v) is 7.70. The maximum Gasteiger partial charge on any atom is 0.258 e. The van der Waals surface area contributed by atoms with Crippen molar-refractivity contribution in [1.29, 1.82) is 0 Å². The molecule has 7 heteroatoms. The third-order valence-electron chi connectivity index (χ3n) is 3.21. The Morgan fingerprint density at radius 1 is 1.50 bits per heavy atom. The summed E-state index contributed by atoms with van der Waals surface area (Å²) in [6.07, 6.45) is 1.59. The smallest absolute Gasteiger partial charge is 0.258 e. The second-order valence-electron chi connectivity index (χ2n) is 4.67. The Morgan fingerprint density at radius 2 is 2.25 bits per heavy atom. The largest absolute Gasteiger partial charge is 0.394 e. The maximum absolute atomic E-state index is 12.7. The van der Waals surface area contributed by atoms with Crippen molar-refractivity contribution in [3.63, 3.8) is 0 Å². The van der Waals surface area contributed by atoms with Gasteiger partial charge in [-0.1, -0.05) is 0 Å². The van der Waals surface area contributed by atoms with Crippen molar-refractivity contribution < 1.29 is 14.6 Å². The number of carbonyl (C=O) groups excluding carboxylic acids is 1. The molecule has 0 saturated carbocycles. The molecule has 1 saturated heterocycles. The van der Waals surface area contributed by atoms with Gasteiger partial charge < -0.3 is 14.7 Å². The molecule has 2 heterocycles. The number of amides is 1. The van der Waals surface area contributed by atoms with Crippen molar-refractivity contribution in [2.75, 3.05) is 32.6 Å². The molecule has 0 spiro atoms. The van der Waals surface area contributed by atoms with Crippen molar-refractivity contribution in [3.8, 4) is 0 Å². The first-order chi connectivity index (χ1) is 9.56. The van der Waals surface area contributed by atoms with Crippen molar-refractivity contribution >= 4 is 17.7 Å². The molecule has 1 amide bonds. The summed E-state index contributed by atoms with van der Waals surface area (Å²) in [7, 11) is 0. The molecule has 1 aromatic rings. The highest BCUT2D eigenvalue weighted by molar-refractivity contribution is 7.98. The van der Waals surface area contributed by atoms with Gasteiger partial charge in [-0.25, -0.2) is 9.97 Å². The minimum Gasteiger partial charge on any atom is -0.394 e. The quantitative estimate of drug-likeness (QED) is 0.652. The maximum atomic E-state index is 12.7. The molecule has 1 aliphatic heterocycles. The van der Waals surface area contributed by atoms with E-state index in [0.29, 0.717) is 41.8 Å².